The molecule has 0 aliphatic heterocycles. The van der Waals surface area contributed by atoms with E-state index in [1.54, 1.807) is 14.0 Å². The van der Waals surface area contributed by atoms with Crippen LogP contribution in [-0.4, -0.2) is 40.0 Å². The molecule has 0 spiro atoms. The summed E-state index contributed by atoms with van der Waals surface area (Å²) in [6, 6.07) is 1.25. The van der Waals surface area contributed by atoms with Gasteiger partial charge in [0.05, 0.1) is 5.56 Å². The van der Waals surface area contributed by atoms with Crippen LogP contribution in [0.5, 0.6) is 0 Å². The Bertz CT molecular complexity index is 575. The van der Waals surface area contributed by atoms with Gasteiger partial charge in [0.2, 0.25) is 5.91 Å². The lowest BCUT2D eigenvalue weighted by molar-refractivity contribution is -0.130. The second-order valence-electron chi connectivity index (χ2n) is 4.43. The van der Waals surface area contributed by atoms with Crippen molar-refractivity contribution in [3.05, 3.63) is 33.2 Å². The fraction of sp³-hybridized carbons (Fsp3) is 0.462. The molecule has 0 atom stereocenters. The molecule has 1 rings (SSSR count). The van der Waals surface area contributed by atoms with Gasteiger partial charge in [-0.2, -0.15) is 0 Å². The molecular formula is C13H18N2O4. The van der Waals surface area contributed by atoms with Crippen molar-refractivity contribution in [3.8, 4) is 0 Å². The monoisotopic (exact) mass is 266 g/mol. The van der Waals surface area contributed by atoms with Gasteiger partial charge in [-0.05, 0) is 26.3 Å². The number of carbonyl (C=O) groups excluding carboxylic acids is 1. The molecule has 0 radical (unpaired) electrons. The van der Waals surface area contributed by atoms with E-state index in [0.29, 0.717) is 17.8 Å². The maximum absolute atomic E-state index is 11.9. The summed E-state index contributed by atoms with van der Waals surface area (Å²) in [4.78, 5) is 36.4. The molecule has 6 heteroatoms. The zero-order chi connectivity index (χ0) is 14.7. The molecule has 1 aromatic heterocycles. The summed E-state index contributed by atoms with van der Waals surface area (Å²) >= 11 is 0. The van der Waals surface area contributed by atoms with Gasteiger partial charge in [-0.25, -0.2) is 4.79 Å². The summed E-state index contributed by atoms with van der Waals surface area (Å²) in [5, 5.41) is 9.14. The molecule has 104 valence electrons. The third-order valence-electron chi connectivity index (χ3n) is 3.17. The molecule has 0 aromatic carbocycles. The van der Waals surface area contributed by atoms with E-state index in [1.165, 1.54) is 22.5 Å². The molecule has 1 amide bonds. The number of hydrogen-bond donors (Lipinski definition) is 1. The van der Waals surface area contributed by atoms with E-state index in [1.807, 2.05) is 6.92 Å². The highest BCUT2D eigenvalue weighted by molar-refractivity contribution is 5.90. The maximum Gasteiger partial charge on any atom is 0.337 e. The summed E-state index contributed by atoms with van der Waals surface area (Å²) in [5.41, 5.74) is 0.419. The fourth-order valence-electron chi connectivity index (χ4n) is 1.87. The number of amides is 1. The Morgan fingerprint density at radius 2 is 1.95 bits per heavy atom. The van der Waals surface area contributed by atoms with E-state index >= 15 is 0 Å². The summed E-state index contributed by atoms with van der Waals surface area (Å²) in [5.74, 6) is -1.33. The van der Waals surface area contributed by atoms with Crippen molar-refractivity contribution in [3.63, 3.8) is 0 Å². The SMILES string of the molecule is CCN(C)C(=O)Cn1c(C)c(C(=O)O)c(C)cc1=O. The largest absolute Gasteiger partial charge is 0.478 e. The Balaban J connectivity index is 3.29. The number of rotatable bonds is 4. The quantitative estimate of drug-likeness (QED) is 0.867. The average molecular weight is 266 g/mol. The summed E-state index contributed by atoms with van der Waals surface area (Å²) in [6.07, 6.45) is 0. The molecule has 0 aliphatic rings. The molecule has 0 aliphatic carbocycles. The number of likely N-dealkylation sites (N-methyl/N-ethyl adjacent to an activating group) is 1. The Labute approximate surface area is 111 Å². The predicted octanol–water partition coefficient (Wildman–Crippen LogP) is 0.642. The van der Waals surface area contributed by atoms with E-state index in [9.17, 15) is 14.4 Å². The van der Waals surface area contributed by atoms with Gasteiger partial charge in [-0.3, -0.25) is 9.59 Å². The van der Waals surface area contributed by atoms with Crippen LogP contribution in [0.4, 0.5) is 0 Å². The van der Waals surface area contributed by atoms with E-state index in [-0.39, 0.29) is 23.6 Å². The zero-order valence-electron chi connectivity index (χ0n) is 11.6. The molecule has 0 bridgehead atoms. The topological polar surface area (TPSA) is 79.6 Å². The van der Waals surface area contributed by atoms with Crippen molar-refractivity contribution in [2.24, 2.45) is 0 Å². The molecule has 6 nitrogen and oxygen atoms in total. The Hall–Kier alpha value is -2.11. The summed E-state index contributed by atoms with van der Waals surface area (Å²) in [7, 11) is 1.63. The number of nitrogens with zero attached hydrogens (tertiary/aromatic N) is 2. The minimum absolute atomic E-state index is 0.0755. The van der Waals surface area contributed by atoms with Gasteiger partial charge in [0.1, 0.15) is 6.54 Å². The lowest BCUT2D eigenvalue weighted by Crippen LogP contribution is -2.35. The third kappa shape index (κ3) is 3.01. The second kappa shape index (κ2) is 5.69. The molecule has 0 saturated heterocycles. The molecule has 1 heterocycles. The van der Waals surface area contributed by atoms with Crippen molar-refractivity contribution in [1.82, 2.24) is 9.47 Å². The molecule has 0 saturated carbocycles. The van der Waals surface area contributed by atoms with Crippen molar-refractivity contribution in [2.75, 3.05) is 13.6 Å². The Morgan fingerprint density at radius 3 is 2.42 bits per heavy atom. The van der Waals surface area contributed by atoms with Gasteiger partial charge in [-0.15, -0.1) is 0 Å². The Kier molecular flexibility index (Phi) is 4.47. The zero-order valence-corrected chi connectivity index (χ0v) is 11.6. The van der Waals surface area contributed by atoms with E-state index in [2.05, 4.69) is 0 Å². The van der Waals surface area contributed by atoms with Crippen LogP contribution in [0, 0.1) is 13.8 Å². The number of aromatic nitrogens is 1. The third-order valence-corrected chi connectivity index (χ3v) is 3.17. The highest BCUT2D eigenvalue weighted by Crippen LogP contribution is 2.11. The number of carboxylic acids is 1. The van der Waals surface area contributed by atoms with E-state index in [0.717, 1.165) is 0 Å². The minimum atomic E-state index is -1.10. The predicted molar refractivity (Wildman–Crippen MR) is 70.4 cm³/mol. The van der Waals surface area contributed by atoms with Crippen LogP contribution >= 0.6 is 0 Å². The first-order valence-electron chi connectivity index (χ1n) is 5.97. The molecule has 0 unspecified atom stereocenters. The Morgan fingerprint density at radius 1 is 1.37 bits per heavy atom. The molecule has 1 N–H and O–H groups in total. The van der Waals surface area contributed by atoms with E-state index in [4.69, 9.17) is 5.11 Å². The van der Waals surface area contributed by atoms with Crippen LogP contribution in [0.15, 0.2) is 10.9 Å². The van der Waals surface area contributed by atoms with Gasteiger partial charge in [0.15, 0.2) is 0 Å². The number of aromatic carboxylic acids is 1. The highest BCUT2D eigenvalue weighted by atomic mass is 16.4. The molecular weight excluding hydrogens is 248 g/mol. The lowest BCUT2D eigenvalue weighted by Gasteiger charge is -2.18. The van der Waals surface area contributed by atoms with Gasteiger partial charge in [-0.1, -0.05) is 0 Å². The molecule has 1 aromatic rings. The standard InChI is InChI=1S/C13H18N2O4/c1-5-14(4)11(17)7-15-9(3)12(13(18)19)8(2)6-10(15)16/h6H,5,7H2,1-4H3,(H,18,19). The van der Waals surface area contributed by atoms with Gasteiger partial charge >= 0.3 is 5.97 Å². The maximum atomic E-state index is 11.9. The van der Waals surface area contributed by atoms with Crippen molar-refractivity contribution < 1.29 is 14.7 Å². The number of pyridine rings is 1. The van der Waals surface area contributed by atoms with E-state index < -0.39 is 5.97 Å². The van der Waals surface area contributed by atoms with Crippen molar-refractivity contribution >= 4 is 11.9 Å². The van der Waals surface area contributed by atoms with Gasteiger partial charge in [0.25, 0.3) is 5.56 Å². The number of hydrogen-bond acceptors (Lipinski definition) is 3. The first kappa shape index (κ1) is 14.9. The first-order valence-corrected chi connectivity index (χ1v) is 5.97. The average Bonchev–Trinajstić information content (AvgIpc) is 2.32. The smallest absolute Gasteiger partial charge is 0.337 e. The fourth-order valence-corrected chi connectivity index (χ4v) is 1.87. The normalized spacial score (nSPS) is 10.3. The highest BCUT2D eigenvalue weighted by Gasteiger charge is 2.18. The summed E-state index contributed by atoms with van der Waals surface area (Å²) in [6.45, 7) is 5.32. The van der Waals surface area contributed by atoms with Crippen molar-refractivity contribution in [2.45, 2.75) is 27.3 Å². The number of carbonyl (C=O) groups is 2. The molecule has 0 fully saturated rings. The van der Waals surface area contributed by atoms with Gasteiger partial charge < -0.3 is 14.6 Å². The summed E-state index contributed by atoms with van der Waals surface area (Å²) < 4.78 is 1.20. The van der Waals surface area contributed by atoms with Crippen molar-refractivity contribution in [1.29, 1.82) is 0 Å². The molecule has 19 heavy (non-hydrogen) atoms. The van der Waals surface area contributed by atoms with Crippen LogP contribution in [0.25, 0.3) is 0 Å². The number of aryl methyl sites for hydroxylation is 1. The first-order chi connectivity index (χ1) is 8.79. The number of carboxylic acid groups (broad SMARTS) is 1. The van der Waals surface area contributed by atoms with Crippen LogP contribution < -0.4 is 5.56 Å². The van der Waals surface area contributed by atoms with Crippen LogP contribution in [0.1, 0.15) is 28.5 Å². The minimum Gasteiger partial charge on any atom is -0.478 e. The van der Waals surface area contributed by atoms with Crippen LogP contribution in [0.2, 0.25) is 0 Å². The lowest BCUT2D eigenvalue weighted by atomic mass is 10.1. The van der Waals surface area contributed by atoms with Crippen LogP contribution in [0.3, 0.4) is 0 Å². The van der Waals surface area contributed by atoms with Gasteiger partial charge in [0, 0.05) is 25.4 Å². The van der Waals surface area contributed by atoms with Crippen LogP contribution in [-0.2, 0) is 11.3 Å². The second-order valence-corrected chi connectivity index (χ2v) is 4.43.